The summed E-state index contributed by atoms with van der Waals surface area (Å²) >= 11 is 2.44. The molecule has 0 amide bonds. The standard InChI is InChI=1S/C67H71IN4O2/c1-9-57(65(47-19-15-13-16-20-47)49-25-33-55(34-26-49)73-41-39-69(5)6)52-29-37-63-59(43-52)61(45-71(63)11-3)67(51-23-31-54(68)32-24-51)62-46-72(12-4)64-38-30-53(44-60(62)64)58(10-2)66(48-21-17-14-18-22-48)50-27-35-56(36-28-50)74-42-40-70(7)8/h13-38,43-46,67H,9-12,39-42H2,1-8H3/b65-57-,66-58-. The average Bonchev–Trinajstić information content (AvgIpc) is 3.98. The fourth-order valence-electron chi connectivity index (χ4n) is 10.6. The first kappa shape index (κ1) is 52.2. The van der Waals surface area contributed by atoms with Crippen LogP contribution in [0.15, 0.2) is 182 Å². The Morgan fingerprint density at radius 1 is 0.459 bits per heavy atom. The van der Waals surface area contributed by atoms with E-state index in [-0.39, 0.29) is 5.92 Å². The van der Waals surface area contributed by atoms with Gasteiger partial charge in [-0.3, -0.25) is 0 Å². The largest absolute Gasteiger partial charge is 0.492 e. The zero-order chi connectivity index (χ0) is 51.7. The van der Waals surface area contributed by atoms with E-state index in [0.29, 0.717) is 13.2 Å². The average molecular weight is 1090 g/mol. The van der Waals surface area contributed by atoms with Crippen LogP contribution >= 0.6 is 22.6 Å². The highest BCUT2D eigenvalue weighted by molar-refractivity contribution is 14.1. The van der Waals surface area contributed by atoms with Gasteiger partial charge in [0, 0.05) is 69.9 Å². The molecular weight excluding hydrogens is 1020 g/mol. The number of nitrogens with zero attached hydrogens (tertiary/aromatic N) is 4. The molecule has 6 nitrogen and oxygen atoms in total. The van der Waals surface area contributed by atoms with E-state index in [4.69, 9.17) is 9.47 Å². The quantitative estimate of drug-likeness (QED) is 0.0531. The summed E-state index contributed by atoms with van der Waals surface area (Å²) in [6.07, 6.45) is 6.61. The van der Waals surface area contributed by atoms with Crippen LogP contribution in [0, 0.1) is 3.57 Å². The Labute approximate surface area is 453 Å². The van der Waals surface area contributed by atoms with Gasteiger partial charge in [-0.25, -0.2) is 0 Å². The molecule has 7 heteroatoms. The van der Waals surface area contributed by atoms with E-state index in [2.05, 4.69) is 280 Å². The number of aromatic nitrogens is 2. The lowest BCUT2D eigenvalue weighted by Gasteiger charge is -2.20. The number of halogens is 1. The van der Waals surface area contributed by atoms with Crippen LogP contribution in [-0.4, -0.2) is 73.4 Å². The van der Waals surface area contributed by atoms with Crippen molar-refractivity contribution in [2.24, 2.45) is 0 Å². The first-order valence-corrected chi connectivity index (χ1v) is 27.5. The smallest absolute Gasteiger partial charge is 0.119 e. The first-order chi connectivity index (χ1) is 36.1. The Balaban J connectivity index is 1.23. The van der Waals surface area contributed by atoms with E-state index < -0.39 is 0 Å². The van der Waals surface area contributed by atoms with Crippen LogP contribution in [0.5, 0.6) is 11.5 Å². The molecule has 0 aliphatic carbocycles. The zero-order valence-electron chi connectivity index (χ0n) is 44.5. The summed E-state index contributed by atoms with van der Waals surface area (Å²) in [5.74, 6) is 1.72. The second-order valence-electron chi connectivity index (χ2n) is 19.7. The molecule has 0 saturated carbocycles. The Morgan fingerprint density at radius 3 is 1.20 bits per heavy atom. The summed E-state index contributed by atoms with van der Waals surface area (Å²) in [5.41, 5.74) is 18.7. The molecule has 9 rings (SSSR count). The van der Waals surface area contributed by atoms with E-state index in [1.807, 2.05) is 0 Å². The van der Waals surface area contributed by atoms with Crippen molar-refractivity contribution in [2.75, 3.05) is 54.5 Å². The number of aryl methyl sites for hydroxylation is 2. The van der Waals surface area contributed by atoms with Crippen LogP contribution in [0.4, 0.5) is 0 Å². The molecule has 2 heterocycles. The summed E-state index contributed by atoms with van der Waals surface area (Å²) in [6, 6.07) is 62.8. The Morgan fingerprint density at radius 2 is 0.838 bits per heavy atom. The van der Waals surface area contributed by atoms with Crippen molar-refractivity contribution < 1.29 is 9.47 Å². The van der Waals surface area contributed by atoms with Crippen molar-refractivity contribution >= 4 is 66.7 Å². The summed E-state index contributed by atoms with van der Waals surface area (Å²) in [6.45, 7) is 13.9. The lowest BCUT2D eigenvalue weighted by Crippen LogP contribution is -2.19. The van der Waals surface area contributed by atoms with Gasteiger partial charge in [-0.2, -0.15) is 0 Å². The van der Waals surface area contributed by atoms with Crippen molar-refractivity contribution in [2.45, 2.75) is 59.5 Å². The maximum atomic E-state index is 6.16. The molecule has 0 unspecified atom stereocenters. The molecule has 0 bridgehead atoms. The van der Waals surface area contributed by atoms with Crippen LogP contribution < -0.4 is 9.47 Å². The molecule has 0 fully saturated rings. The summed E-state index contributed by atoms with van der Waals surface area (Å²) < 4.78 is 18.4. The highest BCUT2D eigenvalue weighted by Gasteiger charge is 2.27. The second-order valence-corrected chi connectivity index (χ2v) is 20.9. The number of likely N-dealkylation sites (N-methyl/N-ethyl adjacent to an activating group) is 2. The summed E-state index contributed by atoms with van der Waals surface area (Å²) in [4.78, 5) is 4.29. The fourth-order valence-corrected chi connectivity index (χ4v) is 11.0. The van der Waals surface area contributed by atoms with E-state index in [9.17, 15) is 0 Å². The minimum atomic E-state index is -0.0477. The Kier molecular flexibility index (Phi) is 17.0. The molecule has 0 saturated heterocycles. The van der Waals surface area contributed by atoms with Gasteiger partial charge in [-0.05, 0) is 210 Å². The Bertz CT molecular complexity index is 3160. The Hall–Kier alpha value is -6.65. The van der Waals surface area contributed by atoms with Gasteiger partial charge in [0.15, 0.2) is 0 Å². The van der Waals surface area contributed by atoms with Crippen molar-refractivity contribution in [3.05, 3.63) is 236 Å². The van der Waals surface area contributed by atoms with E-state index in [0.717, 1.165) is 50.5 Å². The maximum Gasteiger partial charge on any atom is 0.119 e. The SMILES string of the molecule is CC/C(=C(\c1ccccc1)c1ccc(OCCN(C)C)cc1)c1ccc2c(c1)c(C(c1ccc(I)cc1)c1cn(CC)c3ccc(/C(CC)=C(/c4ccccc4)c4ccc(OCCN(C)C)cc4)cc13)cn2CC. The fraction of sp³-hybridized carbons (Fsp3) is 0.254. The number of fused-ring (bicyclic) bond motifs is 2. The third-order valence-electron chi connectivity index (χ3n) is 14.4. The van der Waals surface area contributed by atoms with E-state index in [1.54, 1.807) is 0 Å². The number of ether oxygens (including phenoxy) is 2. The second kappa shape index (κ2) is 24.1. The van der Waals surface area contributed by atoms with Gasteiger partial charge in [0.1, 0.15) is 24.7 Å². The molecule has 0 aliphatic heterocycles. The van der Waals surface area contributed by atoms with Crippen molar-refractivity contribution in [3.8, 4) is 11.5 Å². The monoisotopic (exact) mass is 1090 g/mol. The minimum Gasteiger partial charge on any atom is -0.492 e. The van der Waals surface area contributed by atoms with Crippen LogP contribution in [0.2, 0.25) is 0 Å². The van der Waals surface area contributed by atoms with Crippen LogP contribution in [-0.2, 0) is 13.1 Å². The highest BCUT2D eigenvalue weighted by atomic mass is 127. The molecule has 7 aromatic carbocycles. The van der Waals surface area contributed by atoms with Gasteiger partial charge in [0.25, 0.3) is 0 Å². The highest BCUT2D eigenvalue weighted by Crippen LogP contribution is 2.45. The normalized spacial score (nSPS) is 12.9. The van der Waals surface area contributed by atoms with Gasteiger partial charge < -0.3 is 28.4 Å². The predicted molar refractivity (Wildman–Crippen MR) is 322 cm³/mol. The van der Waals surface area contributed by atoms with Gasteiger partial charge in [-0.15, -0.1) is 0 Å². The van der Waals surface area contributed by atoms with Gasteiger partial charge in [-0.1, -0.05) is 123 Å². The lowest BCUT2D eigenvalue weighted by molar-refractivity contribution is 0.261. The van der Waals surface area contributed by atoms with Gasteiger partial charge in [0.05, 0.1) is 0 Å². The summed E-state index contributed by atoms with van der Waals surface area (Å²) in [7, 11) is 8.30. The van der Waals surface area contributed by atoms with Crippen LogP contribution in [0.3, 0.4) is 0 Å². The number of allylic oxidation sites excluding steroid dienone is 2. The van der Waals surface area contributed by atoms with Gasteiger partial charge in [0.2, 0.25) is 0 Å². The van der Waals surface area contributed by atoms with E-state index >= 15 is 0 Å². The number of hydrogen-bond acceptors (Lipinski definition) is 4. The van der Waals surface area contributed by atoms with Crippen molar-refractivity contribution in [1.82, 2.24) is 18.9 Å². The summed E-state index contributed by atoms with van der Waals surface area (Å²) in [5, 5.41) is 2.55. The molecule has 0 radical (unpaired) electrons. The molecule has 0 aliphatic rings. The number of rotatable bonds is 21. The molecule has 0 atom stereocenters. The molecule has 74 heavy (non-hydrogen) atoms. The van der Waals surface area contributed by atoms with E-state index in [1.165, 1.54) is 97.7 Å². The molecule has 378 valence electrons. The number of hydrogen-bond donors (Lipinski definition) is 0. The topological polar surface area (TPSA) is 34.8 Å². The molecule has 2 aromatic heterocycles. The number of benzene rings is 7. The van der Waals surface area contributed by atoms with Crippen LogP contribution in [0.1, 0.15) is 96.5 Å². The molecular formula is C67H71IN4O2. The van der Waals surface area contributed by atoms with Gasteiger partial charge >= 0.3 is 0 Å². The van der Waals surface area contributed by atoms with Crippen molar-refractivity contribution in [1.29, 1.82) is 0 Å². The third-order valence-corrected chi connectivity index (χ3v) is 15.1. The zero-order valence-corrected chi connectivity index (χ0v) is 46.7. The predicted octanol–water partition coefficient (Wildman–Crippen LogP) is 16.0. The molecule has 0 spiro atoms. The lowest BCUT2D eigenvalue weighted by atomic mass is 9.83. The molecule has 0 N–H and O–H groups in total. The third kappa shape index (κ3) is 11.5. The first-order valence-electron chi connectivity index (χ1n) is 26.4. The molecule has 9 aromatic rings. The maximum absolute atomic E-state index is 6.16. The van der Waals surface area contributed by atoms with Crippen LogP contribution in [0.25, 0.3) is 44.1 Å². The van der Waals surface area contributed by atoms with Crippen molar-refractivity contribution in [3.63, 3.8) is 0 Å². The minimum absolute atomic E-state index is 0.0477.